The second-order valence-electron chi connectivity index (χ2n) is 5.17. The Labute approximate surface area is 145 Å². The van der Waals surface area contributed by atoms with E-state index in [1.165, 1.54) is 6.20 Å². The molecule has 24 heavy (non-hydrogen) atoms. The smallest absolute Gasteiger partial charge is 0.329 e. The first-order valence-electron chi connectivity index (χ1n) is 7.41. The third-order valence-corrected chi connectivity index (χ3v) is 3.58. The molecule has 0 atom stereocenters. The highest BCUT2D eigenvalue weighted by Gasteiger charge is 2.20. The number of nitro groups is 1. The molecule has 0 unspecified atom stereocenters. The number of hydrogen-bond acceptors (Lipinski definition) is 7. The van der Waals surface area contributed by atoms with E-state index >= 15 is 0 Å². The summed E-state index contributed by atoms with van der Waals surface area (Å²) in [6, 6.07) is 7.03. The van der Waals surface area contributed by atoms with Crippen LogP contribution in [0, 0.1) is 10.1 Å². The zero-order valence-electron chi connectivity index (χ0n) is 13.5. The lowest BCUT2D eigenvalue weighted by Gasteiger charge is -2.18. The highest BCUT2D eigenvalue weighted by atomic mass is 35.5. The largest absolute Gasteiger partial charge is 0.354 e. The number of nitrogens with one attached hydrogen (secondary N) is 2. The molecule has 0 radical (unpaired) electrons. The molecule has 1 aromatic carbocycles. The molecule has 0 spiro atoms. The normalized spacial score (nSPS) is 10.5. The van der Waals surface area contributed by atoms with E-state index in [4.69, 9.17) is 11.6 Å². The minimum Gasteiger partial charge on any atom is -0.354 e. The molecule has 0 aliphatic heterocycles. The van der Waals surface area contributed by atoms with Crippen molar-refractivity contribution in [3.63, 3.8) is 0 Å². The van der Waals surface area contributed by atoms with Crippen molar-refractivity contribution in [2.45, 2.75) is 6.42 Å². The molecule has 2 rings (SSSR count). The number of hydrogen-bond donors (Lipinski definition) is 2. The Balaban J connectivity index is 2.22. The van der Waals surface area contributed by atoms with Gasteiger partial charge in [-0.25, -0.2) is 4.98 Å². The SMILES string of the molecule is CNCCCN(C)c1nc(Nc2ccc(Cl)cc2)ncc1[N+](=O)[O-]. The first-order valence-corrected chi connectivity index (χ1v) is 7.79. The molecule has 8 nitrogen and oxygen atoms in total. The standard InChI is InChI=1S/C15H19ClN6O2/c1-17-8-3-9-21(2)14-13(22(23)24)10-18-15(20-14)19-12-6-4-11(16)5-7-12/h4-7,10,17H,3,8-9H2,1-2H3,(H,18,19,20). The molecule has 128 valence electrons. The third kappa shape index (κ3) is 4.77. The number of benzene rings is 1. The monoisotopic (exact) mass is 350 g/mol. The minimum absolute atomic E-state index is 0.122. The Hall–Kier alpha value is -2.45. The Morgan fingerprint density at radius 3 is 2.67 bits per heavy atom. The van der Waals surface area contributed by atoms with Gasteiger partial charge in [0.15, 0.2) is 0 Å². The molecule has 0 saturated heterocycles. The summed E-state index contributed by atoms with van der Waals surface area (Å²) in [5.74, 6) is 0.570. The lowest BCUT2D eigenvalue weighted by Crippen LogP contribution is -2.24. The Morgan fingerprint density at radius 1 is 1.33 bits per heavy atom. The van der Waals surface area contributed by atoms with Gasteiger partial charge in [-0.15, -0.1) is 0 Å². The number of anilines is 3. The highest BCUT2D eigenvalue weighted by Crippen LogP contribution is 2.26. The average molecular weight is 351 g/mol. The van der Waals surface area contributed by atoms with Gasteiger partial charge in [-0.2, -0.15) is 4.98 Å². The Morgan fingerprint density at radius 2 is 2.04 bits per heavy atom. The minimum atomic E-state index is -0.476. The predicted molar refractivity (Wildman–Crippen MR) is 95.2 cm³/mol. The average Bonchev–Trinajstić information content (AvgIpc) is 2.57. The summed E-state index contributed by atoms with van der Waals surface area (Å²) in [7, 11) is 3.64. The molecule has 1 heterocycles. The number of rotatable bonds is 8. The summed E-state index contributed by atoms with van der Waals surface area (Å²) >= 11 is 5.85. The van der Waals surface area contributed by atoms with Gasteiger partial charge in [0.2, 0.25) is 11.8 Å². The van der Waals surface area contributed by atoms with Gasteiger partial charge in [0.25, 0.3) is 0 Å². The summed E-state index contributed by atoms with van der Waals surface area (Å²) in [6.07, 6.45) is 2.06. The lowest BCUT2D eigenvalue weighted by molar-refractivity contribution is -0.384. The van der Waals surface area contributed by atoms with E-state index < -0.39 is 4.92 Å². The van der Waals surface area contributed by atoms with Gasteiger partial charge in [-0.05, 0) is 44.3 Å². The van der Waals surface area contributed by atoms with E-state index in [1.54, 1.807) is 36.2 Å². The molecule has 2 aromatic rings. The van der Waals surface area contributed by atoms with Crippen LogP contribution in [0.15, 0.2) is 30.5 Å². The molecule has 0 bridgehead atoms. The van der Waals surface area contributed by atoms with Crippen molar-refractivity contribution < 1.29 is 4.92 Å². The summed E-state index contributed by atoms with van der Waals surface area (Å²) in [4.78, 5) is 20.8. The van der Waals surface area contributed by atoms with Crippen molar-refractivity contribution in [1.29, 1.82) is 0 Å². The van der Waals surface area contributed by atoms with Crippen LogP contribution in [0.5, 0.6) is 0 Å². The van der Waals surface area contributed by atoms with Crippen molar-refractivity contribution in [3.8, 4) is 0 Å². The summed E-state index contributed by atoms with van der Waals surface area (Å²) in [6.45, 7) is 1.46. The van der Waals surface area contributed by atoms with Gasteiger partial charge in [-0.1, -0.05) is 11.6 Å². The van der Waals surface area contributed by atoms with Gasteiger partial charge in [0.1, 0.15) is 6.20 Å². The fourth-order valence-electron chi connectivity index (χ4n) is 2.10. The first kappa shape index (κ1) is 17.9. The fourth-order valence-corrected chi connectivity index (χ4v) is 2.22. The number of nitrogens with zero attached hydrogens (tertiary/aromatic N) is 4. The van der Waals surface area contributed by atoms with Crippen LogP contribution in [-0.4, -0.2) is 42.1 Å². The second-order valence-corrected chi connectivity index (χ2v) is 5.61. The van der Waals surface area contributed by atoms with Crippen LogP contribution in [0.3, 0.4) is 0 Å². The number of aromatic nitrogens is 2. The molecular formula is C15H19ClN6O2. The van der Waals surface area contributed by atoms with Gasteiger partial charge < -0.3 is 15.5 Å². The molecular weight excluding hydrogens is 332 g/mol. The van der Waals surface area contributed by atoms with Crippen LogP contribution in [0.2, 0.25) is 5.02 Å². The molecule has 0 saturated carbocycles. The molecule has 9 heteroatoms. The third-order valence-electron chi connectivity index (χ3n) is 3.33. The molecule has 1 aromatic heterocycles. The van der Waals surface area contributed by atoms with Crippen LogP contribution in [-0.2, 0) is 0 Å². The van der Waals surface area contributed by atoms with Crippen molar-refractivity contribution in [1.82, 2.24) is 15.3 Å². The molecule has 0 aliphatic rings. The van der Waals surface area contributed by atoms with Gasteiger partial charge in [0.05, 0.1) is 4.92 Å². The van der Waals surface area contributed by atoms with E-state index in [1.807, 2.05) is 7.05 Å². The van der Waals surface area contributed by atoms with Crippen molar-refractivity contribution in [2.75, 3.05) is 37.4 Å². The molecule has 0 aliphatic carbocycles. The van der Waals surface area contributed by atoms with Gasteiger partial charge in [0, 0.05) is 24.3 Å². The van der Waals surface area contributed by atoms with E-state index in [0.717, 1.165) is 18.7 Å². The maximum absolute atomic E-state index is 11.2. The van der Waals surface area contributed by atoms with Gasteiger partial charge >= 0.3 is 5.69 Å². The van der Waals surface area contributed by atoms with E-state index in [0.29, 0.717) is 17.5 Å². The van der Waals surface area contributed by atoms with E-state index in [9.17, 15) is 10.1 Å². The topological polar surface area (TPSA) is 96.2 Å². The van der Waals surface area contributed by atoms with Crippen LogP contribution in [0.4, 0.5) is 23.1 Å². The second kappa shape index (κ2) is 8.42. The lowest BCUT2D eigenvalue weighted by atomic mass is 10.3. The highest BCUT2D eigenvalue weighted by molar-refractivity contribution is 6.30. The molecule has 0 amide bonds. The van der Waals surface area contributed by atoms with Crippen molar-refractivity contribution in [2.24, 2.45) is 0 Å². The summed E-state index contributed by atoms with van der Waals surface area (Å²) in [5.41, 5.74) is 0.626. The zero-order valence-corrected chi connectivity index (χ0v) is 14.2. The Kier molecular flexibility index (Phi) is 6.28. The molecule has 2 N–H and O–H groups in total. The summed E-state index contributed by atoms with van der Waals surface area (Å²) < 4.78 is 0. The maximum atomic E-state index is 11.2. The first-order chi connectivity index (χ1) is 11.5. The maximum Gasteiger partial charge on any atom is 0.329 e. The van der Waals surface area contributed by atoms with E-state index in [2.05, 4.69) is 20.6 Å². The fraction of sp³-hybridized carbons (Fsp3) is 0.333. The van der Waals surface area contributed by atoms with Crippen LogP contribution in [0.1, 0.15) is 6.42 Å². The van der Waals surface area contributed by atoms with Crippen molar-refractivity contribution in [3.05, 3.63) is 45.6 Å². The number of halogens is 1. The molecule has 0 fully saturated rings. The summed E-state index contributed by atoms with van der Waals surface area (Å²) in [5, 5.41) is 17.9. The van der Waals surface area contributed by atoms with Crippen LogP contribution < -0.4 is 15.5 Å². The van der Waals surface area contributed by atoms with Crippen molar-refractivity contribution >= 4 is 34.7 Å². The van der Waals surface area contributed by atoms with Crippen LogP contribution >= 0.6 is 11.6 Å². The van der Waals surface area contributed by atoms with E-state index in [-0.39, 0.29) is 11.5 Å². The Bertz CT molecular complexity index is 695. The zero-order chi connectivity index (χ0) is 17.5. The predicted octanol–water partition coefficient (Wildman–Crippen LogP) is 2.83. The van der Waals surface area contributed by atoms with Crippen LogP contribution in [0.25, 0.3) is 0 Å². The van der Waals surface area contributed by atoms with Gasteiger partial charge in [-0.3, -0.25) is 10.1 Å². The quantitative estimate of drug-likeness (QED) is 0.429.